The van der Waals surface area contributed by atoms with Gasteiger partial charge in [-0.25, -0.2) is 4.98 Å². The number of likely N-dealkylation sites (N-methyl/N-ethyl adjacent to an activating group) is 1. The molecule has 5 fully saturated rings. The molecule has 5 aliphatic rings. The molecule has 6 atom stereocenters. The molecule has 306 valence electrons. The SMILES string of the molecule is CCCC(NC(=O)C1CC2(CN1C(=O)C(NC(=O)[C@@H](NC(=O)c1cnccn1)C1CCCCC1)C(C)(C)C)N(CC)C(=O)C1CCCN12)C(=O)C(=O)NC1CC1. The zero-order chi connectivity index (χ0) is 40.4. The van der Waals surface area contributed by atoms with Gasteiger partial charge in [0.15, 0.2) is 0 Å². The second kappa shape index (κ2) is 16.9. The lowest BCUT2D eigenvalue weighted by atomic mass is 9.82. The topological polar surface area (TPSA) is 203 Å². The number of Topliss-reactive ketones (excluding diaryl/α,β-unsaturated/α-hetero) is 1. The lowest BCUT2D eigenvalue weighted by Crippen LogP contribution is -2.62. The summed E-state index contributed by atoms with van der Waals surface area (Å²) in [5.74, 6) is -3.86. The van der Waals surface area contributed by atoms with Crippen molar-refractivity contribution < 1.29 is 33.6 Å². The second-order valence-electron chi connectivity index (χ2n) is 17.3. The van der Waals surface area contributed by atoms with Crippen molar-refractivity contribution in [3.8, 4) is 0 Å². The summed E-state index contributed by atoms with van der Waals surface area (Å²) in [6.07, 6.45) is 12.4. The van der Waals surface area contributed by atoms with E-state index in [1.54, 1.807) is 4.90 Å². The van der Waals surface area contributed by atoms with Crippen LogP contribution in [0.2, 0.25) is 0 Å². The highest BCUT2D eigenvalue weighted by atomic mass is 16.2. The van der Waals surface area contributed by atoms with Crippen molar-refractivity contribution in [2.45, 2.75) is 154 Å². The summed E-state index contributed by atoms with van der Waals surface area (Å²) in [5, 5.41) is 11.5. The number of amides is 6. The lowest BCUT2D eigenvalue weighted by Gasteiger charge is -2.40. The Bertz CT molecular complexity index is 1670. The molecule has 3 aliphatic heterocycles. The quantitative estimate of drug-likeness (QED) is 0.200. The zero-order valence-corrected chi connectivity index (χ0v) is 33.5. The van der Waals surface area contributed by atoms with Crippen LogP contribution in [0.3, 0.4) is 0 Å². The third-order valence-corrected chi connectivity index (χ3v) is 12.3. The Kier molecular flexibility index (Phi) is 12.5. The van der Waals surface area contributed by atoms with Gasteiger partial charge in [0.2, 0.25) is 29.4 Å². The Hall–Kier alpha value is -4.47. The van der Waals surface area contributed by atoms with Crippen molar-refractivity contribution in [3.63, 3.8) is 0 Å². The molecule has 4 N–H and O–H groups in total. The summed E-state index contributed by atoms with van der Waals surface area (Å²) in [6, 6.07) is -4.71. The van der Waals surface area contributed by atoms with Gasteiger partial charge >= 0.3 is 0 Å². The number of hydrogen-bond donors (Lipinski definition) is 4. The van der Waals surface area contributed by atoms with E-state index in [2.05, 4.69) is 36.1 Å². The molecule has 0 radical (unpaired) electrons. The molecule has 1 aromatic rings. The van der Waals surface area contributed by atoms with Crippen molar-refractivity contribution >= 4 is 41.2 Å². The van der Waals surface area contributed by atoms with E-state index in [0.29, 0.717) is 25.9 Å². The zero-order valence-electron chi connectivity index (χ0n) is 33.5. The van der Waals surface area contributed by atoms with Crippen LogP contribution in [0.1, 0.15) is 122 Å². The van der Waals surface area contributed by atoms with Crippen molar-refractivity contribution in [1.29, 1.82) is 0 Å². The Labute approximate surface area is 329 Å². The number of aromatic nitrogens is 2. The van der Waals surface area contributed by atoms with Gasteiger partial charge in [0.25, 0.3) is 11.8 Å². The summed E-state index contributed by atoms with van der Waals surface area (Å²) in [6.45, 7) is 10.2. The average molecular weight is 778 g/mol. The van der Waals surface area contributed by atoms with Crippen LogP contribution in [0.5, 0.6) is 0 Å². The van der Waals surface area contributed by atoms with Crippen molar-refractivity contribution in [2.75, 3.05) is 19.6 Å². The molecule has 56 heavy (non-hydrogen) atoms. The van der Waals surface area contributed by atoms with Crippen LogP contribution < -0.4 is 21.3 Å². The predicted octanol–water partition coefficient (Wildman–Crippen LogP) is 1.44. The Balaban J connectivity index is 1.31. The first kappa shape index (κ1) is 41.2. The normalized spacial score (nSPS) is 25.7. The van der Waals surface area contributed by atoms with E-state index in [-0.39, 0.29) is 49.0 Å². The lowest BCUT2D eigenvalue weighted by molar-refractivity contribution is -0.145. The van der Waals surface area contributed by atoms with E-state index in [1.165, 1.54) is 23.5 Å². The molecule has 3 saturated heterocycles. The standard InChI is InChI=1S/C40H59N9O7/c1-6-12-26(31(50)36(54)43-25-16-17-25)44-34(52)29-21-40(48(7-2)37(55)28-15-11-20-49(28)40)23-47(29)38(56)32(39(3,4)5)46-35(53)30(24-13-9-8-10-14-24)45-33(51)27-22-41-18-19-42-27/h18-19,22,24-26,28-30,32H,6-17,20-21,23H2,1-5H3,(H,43,54)(H,44,52)(H,45,51)(H,46,53)/t26?,28?,29?,30-,32?,40?/m0/s1. The molecular formula is C40H59N9O7. The fraction of sp³-hybridized carbons (Fsp3) is 0.725. The number of nitrogens with zero attached hydrogens (tertiary/aromatic N) is 5. The fourth-order valence-corrected chi connectivity index (χ4v) is 9.26. The Morgan fingerprint density at radius 2 is 1.66 bits per heavy atom. The maximum absolute atomic E-state index is 15.1. The summed E-state index contributed by atoms with van der Waals surface area (Å²) < 4.78 is 0. The maximum Gasteiger partial charge on any atom is 0.289 e. The maximum atomic E-state index is 15.1. The molecule has 16 nitrogen and oxygen atoms in total. The average Bonchev–Trinajstić information content (AvgIpc) is 3.60. The van der Waals surface area contributed by atoms with Crippen molar-refractivity contribution in [1.82, 2.24) is 45.9 Å². The molecule has 16 heteroatoms. The van der Waals surface area contributed by atoms with E-state index in [4.69, 9.17) is 0 Å². The first-order valence-electron chi connectivity index (χ1n) is 20.6. The summed E-state index contributed by atoms with van der Waals surface area (Å²) >= 11 is 0. The smallest absolute Gasteiger partial charge is 0.289 e. The van der Waals surface area contributed by atoms with E-state index in [0.717, 1.165) is 51.4 Å². The van der Waals surface area contributed by atoms with Gasteiger partial charge in [-0.3, -0.25) is 43.4 Å². The highest BCUT2D eigenvalue weighted by Crippen LogP contribution is 2.46. The van der Waals surface area contributed by atoms with Gasteiger partial charge in [-0.05, 0) is 63.2 Å². The van der Waals surface area contributed by atoms with Crippen LogP contribution in [0.15, 0.2) is 18.6 Å². The molecule has 0 aromatic carbocycles. The molecule has 2 aliphatic carbocycles. The largest absolute Gasteiger partial charge is 0.347 e. The second-order valence-corrected chi connectivity index (χ2v) is 17.3. The van der Waals surface area contributed by atoms with Gasteiger partial charge in [-0.1, -0.05) is 53.4 Å². The Morgan fingerprint density at radius 1 is 0.929 bits per heavy atom. The van der Waals surface area contributed by atoms with E-state index in [9.17, 15) is 28.8 Å². The van der Waals surface area contributed by atoms with Crippen molar-refractivity contribution in [3.05, 3.63) is 24.3 Å². The number of nitrogens with one attached hydrogen (secondary N) is 4. The van der Waals surface area contributed by atoms with Gasteiger partial charge < -0.3 is 31.1 Å². The van der Waals surface area contributed by atoms with E-state index >= 15 is 4.79 Å². The Morgan fingerprint density at radius 3 is 2.29 bits per heavy atom. The molecule has 4 heterocycles. The first-order valence-corrected chi connectivity index (χ1v) is 20.6. The number of fused-ring (bicyclic) bond motifs is 2. The highest BCUT2D eigenvalue weighted by Gasteiger charge is 2.64. The monoisotopic (exact) mass is 777 g/mol. The molecule has 2 saturated carbocycles. The summed E-state index contributed by atoms with van der Waals surface area (Å²) in [4.78, 5) is 111. The highest BCUT2D eigenvalue weighted by molar-refractivity contribution is 6.38. The van der Waals surface area contributed by atoms with Crippen LogP contribution in [-0.4, -0.2) is 127 Å². The summed E-state index contributed by atoms with van der Waals surface area (Å²) in [7, 11) is 0. The molecule has 1 spiro atoms. The fourth-order valence-electron chi connectivity index (χ4n) is 9.26. The third kappa shape index (κ3) is 8.44. The summed E-state index contributed by atoms with van der Waals surface area (Å²) in [5.41, 5.74) is -1.76. The first-order chi connectivity index (χ1) is 26.7. The van der Waals surface area contributed by atoms with Crippen LogP contribution in [-0.2, 0) is 28.8 Å². The third-order valence-electron chi connectivity index (χ3n) is 12.3. The molecule has 6 rings (SSSR count). The molecule has 5 unspecified atom stereocenters. The van der Waals surface area contributed by atoms with Gasteiger partial charge in [0.05, 0.1) is 24.8 Å². The van der Waals surface area contributed by atoms with E-state index in [1.807, 2.05) is 34.6 Å². The minimum absolute atomic E-state index is 0.0203. The van der Waals surface area contributed by atoms with Gasteiger partial charge in [-0.2, -0.15) is 0 Å². The number of rotatable bonds is 14. The van der Waals surface area contributed by atoms with Crippen LogP contribution in [0.25, 0.3) is 0 Å². The van der Waals surface area contributed by atoms with Crippen molar-refractivity contribution in [2.24, 2.45) is 11.3 Å². The van der Waals surface area contributed by atoms with Crippen LogP contribution >= 0.6 is 0 Å². The molecule has 6 amide bonds. The number of likely N-dealkylation sites (tertiary alicyclic amines) is 1. The van der Waals surface area contributed by atoms with Crippen LogP contribution in [0, 0.1) is 11.3 Å². The number of carbonyl (C=O) groups is 7. The number of hydrogen-bond acceptors (Lipinski definition) is 10. The minimum Gasteiger partial charge on any atom is -0.347 e. The van der Waals surface area contributed by atoms with Gasteiger partial charge in [-0.15, -0.1) is 0 Å². The predicted molar refractivity (Wildman–Crippen MR) is 204 cm³/mol. The molecule has 0 bridgehead atoms. The number of ketones is 1. The van der Waals surface area contributed by atoms with Crippen LogP contribution in [0.4, 0.5) is 0 Å². The molecular weight excluding hydrogens is 718 g/mol. The number of carbonyl (C=O) groups excluding carboxylic acids is 7. The van der Waals surface area contributed by atoms with Gasteiger partial charge in [0.1, 0.15) is 29.5 Å². The minimum atomic E-state index is -1.14. The van der Waals surface area contributed by atoms with E-state index < -0.39 is 70.6 Å². The molecule has 1 aromatic heterocycles. The van der Waals surface area contributed by atoms with Gasteiger partial charge in [0, 0.05) is 37.9 Å².